The number of amides is 1. The standard InChI is InChI=1S/C24H24N6O3/c1-3-11-33-24(31)28-19-7-9-29(10-8-19)22-6-5-17(14-26-22)21-12-20(32-4-2)16-30-23(21)18(13-25)15-27-30/h1,5-6,12,14-16,19H,4,7-11H2,2H3,(H,28,31). The molecule has 0 spiro atoms. The maximum atomic E-state index is 11.7. The monoisotopic (exact) mass is 444 g/mol. The molecule has 4 heterocycles. The van der Waals surface area contributed by atoms with Gasteiger partial charge in [-0.25, -0.2) is 14.3 Å². The lowest BCUT2D eigenvalue weighted by atomic mass is 10.0. The molecule has 0 unspecified atom stereocenters. The molecule has 9 nitrogen and oxygen atoms in total. The van der Waals surface area contributed by atoms with E-state index in [0.29, 0.717) is 17.9 Å². The fourth-order valence-corrected chi connectivity index (χ4v) is 3.95. The molecule has 33 heavy (non-hydrogen) atoms. The van der Waals surface area contributed by atoms with Gasteiger partial charge in [-0.3, -0.25) is 0 Å². The number of pyridine rings is 2. The highest BCUT2D eigenvalue weighted by Gasteiger charge is 2.22. The van der Waals surface area contributed by atoms with Crippen molar-refractivity contribution in [1.29, 1.82) is 5.26 Å². The smallest absolute Gasteiger partial charge is 0.408 e. The van der Waals surface area contributed by atoms with E-state index in [2.05, 4.69) is 32.3 Å². The van der Waals surface area contributed by atoms with Crippen LogP contribution in [-0.2, 0) is 4.74 Å². The Bertz CT molecular complexity index is 1210. The number of hydrogen-bond donors (Lipinski definition) is 1. The van der Waals surface area contributed by atoms with Crippen molar-refractivity contribution >= 4 is 17.4 Å². The van der Waals surface area contributed by atoms with Crippen LogP contribution in [0.5, 0.6) is 5.75 Å². The first-order valence-corrected chi connectivity index (χ1v) is 10.7. The van der Waals surface area contributed by atoms with Crippen molar-refractivity contribution in [3.8, 4) is 35.3 Å². The zero-order valence-corrected chi connectivity index (χ0v) is 18.3. The Balaban J connectivity index is 1.49. The molecule has 3 aromatic heterocycles. The van der Waals surface area contributed by atoms with E-state index >= 15 is 0 Å². The van der Waals surface area contributed by atoms with Crippen LogP contribution in [0, 0.1) is 23.7 Å². The molecular formula is C24H24N6O3. The molecule has 1 aliphatic rings. The van der Waals surface area contributed by atoms with Crippen LogP contribution in [0.1, 0.15) is 25.3 Å². The van der Waals surface area contributed by atoms with Crippen LogP contribution in [0.15, 0.2) is 36.8 Å². The van der Waals surface area contributed by atoms with Gasteiger partial charge in [0.05, 0.1) is 30.1 Å². The molecule has 0 bridgehead atoms. The number of carbonyl (C=O) groups is 1. The minimum Gasteiger partial charge on any atom is -0.492 e. The average molecular weight is 444 g/mol. The molecule has 1 saturated heterocycles. The van der Waals surface area contributed by atoms with Gasteiger partial charge < -0.3 is 19.7 Å². The van der Waals surface area contributed by atoms with Gasteiger partial charge in [-0.15, -0.1) is 6.42 Å². The number of hydrogen-bond acceptors (Lipinski definition) is 7. The summed E-state index contributed by atoms with van der Waals surface area (Å²) in [6.45, 7) is 3.94. The Kier molecular flexibility index (Phi) is 6.61. The number of carbonyl (C=O) groups excluding carboxylic acids is 1. The highest BCUT2D eigenvalue weighted by atomic mass is 16.5. The summed E-state index contributed by atoms with van der Waals surface area (Å²) in [5, 5.41) is 16.6. The van der Waals surface area contributed by atoms with E-state index in [9.17, 15) is 10.1 Å². The van der Waals surface area contributed by atoms with Crippen molar-refractivity contribution in [2.24, 2.45) is 0 Å². The highest BCUT2D eigenvalue weighted by Crippen LogP contribution is 2.31. The molecule has 0 aromatic carbocycles. The van der Waals surface area contributed by atoms with Crippen molar-refractivity contribution < 1.29 is 14.3 Å². The Hall–Kier alpha value is -4.24. The van der Waals surface area contributed by atoms with Crippen molar-refractivity contribution in [3.63, 3.8) is 0 Å². The first kappa shape index (κ1) is 22.0. The number of aromatic nitrogens is 3. The second kappa shape index (κ2) is 9.92. The third-order valence-corrected chi connectivity index (χ3v) is 5.50. The Morgan fingerprint density at radius 1 is 1.33 bits per heavy atom. The molecule has 0 saturated carbocycles. The summed E-state index contributed by atoms with van der Waals surface area (Å²) < 4.78 is 12.2. The second-order valence-electron chi connectivity index (χ2n) is 7.58. The third kappa shape index (κ3) is 4.83. The van der Waals surface area contributed by atoms with Gasteiger partial charge in [0.2, 0.25) is 0 Å². The summed E-state index contributed by atoms with van der Waals surface area (Å²) in [4.78, 5) is 18.5. The normalized spacial score (nSPS) is 13.8. The van der Waals surface area contributed by atoms with Crippen LogP contribution in [0.2, 0.25) is 0 Å². The van der Waals surface area contributed by atoms with E-state index in [1.165, 1.54) is 0 Å². The van der Waals surface area contributed by atoms with E-state index in [4.69, 9.17) is 15.9 Å². The summed E-state index contributed by atoms with van der Waals surface area (Å²) in [6.07, 6.45) is 11.3. The van der Waals surface area contributed by atoms with Crippen LogP contribution in [0.3, 0.4) is 0 Å². The molecule has 0 atom stereocenters. The highest BCUT2D eigenvalue weighted by molar-refractivity contribution is 5.85. The molecule has 1 aliphatic heterocycles. The molecule has 1 amide bonds. The maximum absolute atomic E-state index is 11.7. The average Bonchev–Trinajstić information content (AvgIpc) is 3.26. The second-order valence-corrected chi connectivity index (χ2v) is 7.58. The lowest BCUT2D eigenvalue weighted by Gasteiger charge is -2.33. The molecule has 0 aliphatic carbocycles. The number of ether oxygens (including phenoxy) is 2. The van der Waals surface area contributed by atoms with Gasteiger partial charge in [0.15, 0.2) is 6.61 Å². The summed E-state index contributed by atoms with van der Waals surface area (Å²) in [5.74, 6) is 3.81. The Morgan fingerprint density at radius 3 is 2.82 bits per heavy atom. The molecule has 168 valence electrons. The van der Waals surface area contributed by atoms with Gasteiger partial charge in [-0.2, -0.15) is 10.4 Å². The topological polar surface area (TPSA) is 105 Å². The summed E-state index contributed by atoms with van der Waals surface area (Å²) in [5.41, 5.74) is 2.92. The van der Waals surface area contributed by atoms with Gasteiger partial charge in [0.25, 0.3) is 0 Å². The first-order valence-electron chi connectivity index (χ1n) is 10.7. The molecule has 1 fully saturated rings. The molecule has 9 heteroatoms. The number of piperidine rings is 1. The predicted molar refractivity (Wildman–Crippen MR) is 123 cm³/mol. The Morgan fingerprint density at radius 2 is 2.15 bits per heavy atom. The van der Waals surface area contributed by atoms with Crippen LogP contribution in [0.4, 0.5) is 10.6 Å². The molecular weight excluding hydrogens is 420 g/mol. The van der Waals surface area contributed by atoms with Crippen LogP contribution in [-0.4, -0.2) is 53.0 Å². The van der Waals surface area contributed by atoms with Crippen LogP contribution >= 0.6 is 0 Å². The minimum absolute atomic E-state index is 0.0319. The fourth-order valence-electron chi connectivity index (χ4n) is 3.95. The summed E-state index contributed by atoms with van der Waals surface area (Å²) >= 11 is 0. The number of rotatable bonds is 6. The minimum atomic E-state index is -0.480. The van der Waals surface area contributed by atoms with Gasteiger partial charge in [-0.05, 0) is 38.0 Å². The van der Waals surface area contributed by atoms with Crippen molar-refractivity contribution in [3.05, 3.63) is 42.4 Å². The van der Waals surface area contributed by atoms with Crippen LogP contribution in [0.25, 0.3) is 16.6 Å². The van der Waals surface area contributed by atoms with E-state index in [1.54, 1.807) is 23.1 Å². The number of fused-ring (bicyclic) bond motifs is 1. The van der Waals surface area contributed by atoms with Crippen LogP contribution < -0.4 is 15.0 Å². The fraction of sp³-hybridized carbons (Fsp3) is 0.333. The largest absolute Gasteiger partial charge is 0.492 e. The van der Waals surface area contributed by atoms with Crippen molar-refractivity contribution in [2.45, 2.75) is 25.8 Å². The molecule has 1 N–H and O–H groups in total. The van der Waals surface area contributed by atoms with Gasteiger partial charge in [-0.1, -0.05) is 5.92 Å². The lowest BCUT2D eigenvalue weighted by molar-refractivity contribution is 0.154. The quantitative estimate of drug-likeness (QED) is 0.583. The first-order chi connectivity index (χ1) is 16.1. The van der Waals surface area contributed by atoms with Crippen molar-refractivity contribution in [2.75, 3.05) is 31.2 Å². The lowest BCUT2D eigenvalue weighted by Crippen LogP contribution is -2.45. The summed E-state index contributed by atoms with van der Waals surface area (Å²) in [6, 6.07) is 8.12. The summed E-state index contributed by atoms with van der Waals surface area (Å²) in [7, 11) is 0. The maximum Gasteiger partial charge on any atom is 0.408 e. The Labute approximate surface area is 191 Å². The zero-order chi connectivity index (χ0) is 23.2. The number of nitrogens with one attached hydrogen (secondary N) is 1. The van der Waals surface area contributed by atoms with Gasteiger partial charge in [0.1, 0.15) is 17.6 Å². The number of nitriles is 1. The van der Waals surface area contributed by atoms with Gasteiger partial charge >= 0.3 is 6.09 Å². The SMILES string of the molecule is C#CCOC(=O)NC1CCN(c2ccc(-c3cc(OCC)cn4ncc(C#N)c34)cn2)CC1. The zero-order valence-electron chi connectivity index (χ0n) is 18.3. The van der Waals surface area contributed by atoms with E-state index in [-0.39, 0.29) is 12.6 Å². The molecule has 3 aromatic rings. The van der Waals surface area contributed by atoms with E-state index < -0.39 is 6.09 Å². The van der Waals surface area contributed by atoms with E-state index in [1.807, 2.05) is 25.1 Å². The van der Waals surface area contributed by atoms with Gasteiger partial charge in [0, 0.05) is 36.5 Å². The number of nitrogens with zero attached hydrogens (tertiary/aromatic N) is 5. The van der Waals surface area contributed by atoms with Crippen molar-refractivity contribution in [1.82, 2.24) is 19.9 Å². The van der Waals surface area contributed by atoms with E-state index in [0.717, 1.165) is 48.4 Å². The number of alkyl carbamates (subject to hydrolysis) is 1. The molecule has 0 radical (unpaired) electrons. The number of terminal acetylenes is 1. The molecule has 4 rings (SSSR count). The number of anilines is 1. The third-order valence-electron chi connectivity index (χ3n) is 5.50. The predicted octanol–water partition coefficient (Wildman–Crippen LogP) is 2.99.